The van der Waals surface area contributed by atoms with Gasteiger partial charge in [-0.3, -0.25) is 0 Å². The maximum absolute atomic E-state index is 6.03. The second-order valence-electron chi connectivity index (χ2n) is 3.44. The second-order valence-corrected chi connectivity index (χ2v) is 4.36. The molecule has 0 spiro atoms. The monoisotopic (exact) mass is 256 g/mol. The number of benzene rings is 1. The zero-order valence-electron chi connectivity index (χ0n) is 8.25. The molecule has 0 amide bonds. The quantitative estimate of drug-likeness (QED) is 0.796. The molecule has 0 fully saturated rings. The van der Waals surface area contributed by atoms with Crippen LogP contribution in [0.2, 0.25) is 0 Å². The summed E-state index contributed by atoms with van der Waals surface area (Å²) in [7, 11) is 0. The van der Waals surface area contributed by atoms with Gasteiger partial charge < -0.3 is 11.5 Å². The van der Waals surface area contributed by atoms with E-state index < -0.39 is 0 Å². The van der Waals surface area contributed by atoms with Gasteiger partial charge in [0.25, 0.3) is 0 Å². The molecule has 0 radical (unpaired) electrons. The zero-order valence-corrected chi connectivity index (χ0v) is 9.83. The Balaban J connectivity index is 2.43. The van der Waals surface area contributed by atoms with Crippen molar-refractivity contribution in [3.63, 3.8) is 0 Å². The van der Waals surface area contributed by atoms with Gasteiger partial charge in [-0.2, -0.15) is 0 Å². The van der Waals surface area contributed by atoms with Crippen LogP contribution in [0, 0.1) is 0 Å². The number of rotatable bonds is 5. The largest absolute Gasteiger partial charge is 0.330 e. The fourth-order valence-corrected chi connectivity index (χ4v) is 1.65. The first-order valence-electron chi connectivity index (χ1n) is 4.95. The van der Waals surface area contributed by atoms with Crippen LogP contribution in [0.3, 0.4) is 0 Å². The van der Waals surface area contributed by atoms with E-state index in [4.69, 9.17) is 11.5 Å². The maximum Gasteiger partial charge on any atom is 0.0294 e. The van der Waals surface area contributed by atoms with E-state index in [0.717, 1.165) is 30.3 Å². The van der Waals surface area contributed by atoms with E-state index in [1.165, 1.54) is 5.56 Å². The molecular formula is C11H17BrN2. The number of unbranched alkanes of at least 4 members (excludes halogenated alkanes) is 1. The summed E-state index contributed by atoms with van der Waals surface area (Å²) < 4.78 is 1.09. The Labute approximate surface area is 93.8 Å². The summed E-state index contributed by atoms with van der Waals surface area (Å²) in [5, 5.41) is 0. The topological polar surface area (TPSA) is 52.0 Å². The van der Waals surface area contributed by atoms with Gasteiger partial charge in [0.05, 0.1) is 0 Å². The van der Waals surface area contributed by atoms with Crippen LogP contribution in [0.15, 0.2) is 28.7 Å². The molecule has 0 unspecified atom stereocenters. The van der Waals surface area contributed by atoms with Crippen molar-refractivity contribution >= 4 is 15.9 Å². The summed E-state index contributed by atoms with van der Waals surface area (Å²) in [5.74, 6) is 0. The minimum absolute atomic E-state index is 0.148. The Kier molecular flexibility index (Phi) is 5.15. The van der Waals surface area contributed by atoms with Crippen molar-refractivity contribution in [1.29, 1.82) is 0 Å². The average Bonchev–Trinajstić information content (AvgIpc) is 2.19. The molecule has 2 nitrogen and oxygen atoms in total. The van der Waals surface area contributed by atoms with E-state index in [1.807, 2.05) is 12.1 Å². The Hall–Kier alpha value is -0.380. The van der Waals surface area contributed by atoms with Crippen LogP contribution in [0.5, 0.6) is 0 Å². The summed E-state index contributed by atoms with van der Waals surface area (Å²) in [6.45, 7) is 0.757. The van der Waals surface area contributed by atoms with Gasteiger partial charge >= 0.3 is 0 Å². The molecule has 1 aromatic carbocycles. The highest BCUT2D eigenvalue weighted by atomic mass is 79.9. The Bertz CT molecular complexity index is 258. The van der Waals surface area contributed by atoms with Crippen LogP contribution >= 0.6 is 15.9 Å². The minimum atomic E-state index is 0.148. The van der Waals surface area contributed by atoms with Crippen molar-refractivity contribution in [2.24, 2.45) is 11.5 Å². The van der Waals surface area contributed by atoms with Gasteiger partial charge in [-0.1, -0.05) is 34.5 Å². The molecule has 3 heteroatoms. The summed E-state index contributed by atoms with van der Waals surface area (Å²) in [4.78, 5) is 0. The van der Waals surface area contributed by atoms with Crippen molar-refractivity contribution in [3.8, 4) is 0 Å². The fraction of sp³-hybridized carbons (Fsp3) is 0.455. The van der Waals surface area contributed by atoms with Gasteiger partial charge in [0.15, 0.2) is 0 Å². The lowest BCUT2D eigenvalue weighted by atomic mass is 10.0. The first-order chi connectivity index (χ1) is 6.74. The van der Waals surface area contributed by atoms with E-state index in [9.17, 15) is 0 Å². The Morgan fingerprint density at radius 2 is 1.79 bits per heavy atom. The van der Waals surface area contributed by atoms with Gasteiger partial charge in [0, 0.05) is 10.5 Å². The summed E-state index contributed by atoms with van der Waals surface area (Å²) in [5.41, 5.74) is 12.7. The standard InChI is InChI=1S/C11H17BrN2/c12-10-6-4-9(5-7-10)11(14)3-1-2-8-13/h4-7,11H,1-3,8,13-14H2/t11-/m1/s1. The number of hydrogen-bond acceptors (Lipinski definition) is 2. The normalized spacial score (nSPS) is 12.8. The summed E-state index contributed by atoms with van der Waals surface area (Å²) >= 11 is 3.40. The highest BCUT2D eigenvalue weighted by molar-refractivity contribution is 9.10. The molecule has 4 N–H and O–H groups in total. The first kappa shape index (κ1) is 11.7. The molecule has 14 heavy (non-hydrogen) atoms. The smallest absolute Gasteiger partial charge is 0.0294 e. The number of hydrogen-bond donors (Lipinski definition) is 2. The van der Waals surface area contributed by atoms with E-state index in [0.29, 0.717) is 0 Å². The van der Waals surface area contributed by atoms with Gasteiger partial charge in [-0.15, -0.1) is 0 Å². The minimum Gasteiger partial charge on any atom is -0.330 e. The van der Waals surface area contributed by atoms with Crippen LogP contribution in [0.1, 0.15) is 30.9 Å². The molecule has 1 atom stereocenters. The van der Waals surface area contributed by atoms with Gasteiger partial charge in [-0.05, 0) is 37.1 Å². The molecule has 78 valence electrons. The lowest BCUT2D eigenvalue weighted by Crippen LogP contribution is -2.10. The highest BCUT2D eigenvalue weighted by Crippen LogP contribution is 2.19. The Morgan fingerprint density at radius 3 is 2.36 bits per heavy atom. The van der Waals surface area contributed by atoms with Gasteiger partial charge in [0.1, 0.15) is 0 Å². The average molecular weight is 257 g/mol. The Morgan fingerprint density at radius 1 is 1.14 bits per heavy atom. The van der Waals surface area contributed by atoms with Crippen LogP contribution < -0.4 is 11.5 Å². The fourth-order valence-electron chi connectivity index (χ4n) is 1.39. The molecule has 0 heterocycles. The lowest BCUT2D eigenvalue weighted by molar-refractivity contribution is 0.591. The maximum atomic E-state index is 6.03. The molecule has 0 aromatic heterocycles. The molecule has 1 rings (SSSR count). The highest BCUT2D eigenvalue weighted by Gasteiger charge is 2.04. The van der Waals surface area contributed by atoms with Crippen LogP contribution in [0.4, 0.5) is 0 Å². The zero-order chi connectivity index (χ0) is 10.4. The lowest BCUT2D eigenvalue weighted by Gasteiger charge is -2.11. The molecule has 0 aliphatic carbocycles. The molecule has 1 aromatic rings. The van der Waals surface area contributed by atoms with Gasteiger partial charge in [-0.25, -0.2) is 0 Å². The van der Waals surface area contributed by atoms with E-state index >= 15 is 0 Å². The third kappa shape index (κ3) is 3.78. The predicted molar refractivity (Wildman–Crippen MR) is 64.0 cm³/mol. The van der Waals surface area contributed by atoms with E-state index in [2.05, 4.69) is 28.1 Å². The molecule has 0 aliphatic heterocycles. The van der Waals surface area contributed by atoms with Crippen molar-refractivity contribution in [1.82, 2.24) is 0 Å². The van der Waals surface area contributed by atoms with Crippen molar-refractivity contribution in [3.05, 3.63) is 34.3 Å². The SMILES string of the molecule is NCCCC[C@@H](N)c1ccc(Br)cc1. The van der Waals surface area contributed by atoms with Crippen molar-refractivity contribution < 1.29 is 0 Å². The predicted octanol–water partition coefficient (Wildman–Crippen LogP) is 2.58. The molecule has 0 bridgehead atoms. The molecule has 0 saturated carbocycles. The summed E-state index contributed by atoms with van der Waals surface area (Å²) in [6.07, 6.45) is 3.18. The molecule has 0 aliphatic rings. The number of halogens is 1. The molecular weight excluding hydrogens is 240 g/mol. The van der Waals surface area contributed by atoms with E-state index in [1.54, 1.807) is 0 Å². The third-order valence-electron chi connectivity index (χ3n) is 2.27. The van der Waals surface area contributed by atoms with Crippen molar-refractivity contribution in [2.75, 3.05) is 6.54 Å². The third-order valence-corrected chi connectivity index (χ3v) is 2.80. The van der Waals surface area contributed by atoms with E-state index in [-0.39, 0.29) is 6.04 Å². The van der Waals surface area contributed by atoms with Crippen LogP contribution in [0.25, 0.3) is 0 Å². The second kappa shape index (κ2) is 6.17. The molecule has 0 saturated heterocycles. The first-order valence-corrected chi connectivity index (χ1v) is 5.74. The number of nitrogens with two attached hydrogens (primary N) is 2. The summed E-state index contributed by atoms with van der Waals surface area (Å²) in [6, 6.07) is 8.33. The van der Waals surface area contributed by atoms with Crippen LogP contribution in [-0.4, -0.2) is 6.54 Å². The van der Waals surface area contributed by atoms with Crippen molar-refractivity contribution in [2.45, 2.75) is 25.3 Å². The van der Waals surface area contributed by atoms with Gasteiger partial charge in [0.2, 0.25) is 0 Å². The van der Waals surface area contributed by atoms with Crippen LogP contribution in [-0.2, 0) is 0 Å².